The van der Waals surface area contributed by atoms with Crippen molar-refractivity contribution in [2.24, 2.45) is 0 Å². The average Bonchev–Trinajstić information content (AvgIpc) is 3.26. The zero-order valence-corrected chi connectivity index (χ0v) is 19.0. The van der Waals surface area contributed by atoms with Crippen molar-refractivity contribution in [3.05, 3.63) is 88.0 Å². The summed E-state index contributed by atoms with van der Waals surface area (Å²) in [5.74, 6) is 0.853. The van der Waals surface area contributed by atoms with Crippen molar-refractivity contribution in [1.29, 1.82) is 0 Å². The molecule has 2 aromatic carbocycles. The Morgan fingerprint density at radius 1 is 1.09 bits per heavy atom. The van der Waals surface area contributed by atoms with Gasteiger partial charge in [0.25, 0.3) is 5.91 Å². The molecule has 2 aromatic heterocycles. The number of nitrogens with zero attached hydrogens (tertiary/aromatic N) is 3. The molecular weight excluding hydrogens is 442 g/mol. The molecule has 0 bridgehead atoms. The van der Waals surface area contributed by atoms with Gasteiger partial charge in [0.15, 0.2) is 0 Å². The first-order valence-electron chi connectivity index (χ1n) is 10.6. The second-order valence-corrected chi connectivity index (χ2v) is 9.39. The number of halogens is 1. The highest BCUT2D eigenvalue weighted by Gasteiger charge is 2.27. The van der Waals surface area contributed by atoms with E-state index in [9.17, 15) is 4.79 Å². The van der Waals surface area contributed by atoms with Crippen LogP contribution in [0, 0.1) is 0 Å². The number of aromatic nitrogens is 2. The fourth-order valence-corrected chi connectivity index (χ4v) is 5.24. The summed E-state index contributed by atoms with van der Waals surface area (Å²) in [5.41, 5.74) is 2.62. The standard InChI is InChI=1S/C25H22ClN3O2S/c26-20-6-7-22-21(15-20)28-24(32-22)18-9-12-29(13-10-18)25(30)19-8-11-27-23(14-19)31-16-17-4-2-1-3-5-17/h1-8,11,14-15,18H,9-10,12-13,16H2. The van der Waals surface area contributed by atoms with E-state index in [-0.39, 0.29) is 5.91 Å². The monoisotopic (exact) mass is 463 g/mol. The lowest BCUT2D eigenvalue weighted by atomic mass is 9.97. The lowest BCUT2D eigenvalue weighted by Gasteiger charge is -2.31. The van der Waals surface area contributed by atoms with Crippen LogP contribution in [0.15, 0.2) is 66.9 Å². The number of amides is 1. The maximum atomic E-state index is 13.1. The molecule has 1 aliphatic rings. The number of likely N-dealkylation sites (tertiary alicyclic amines) is 1. The molecule has 0 saturated carbocycles. The number of fused-ring (bicyclic) bond motifs is 1. The van der Waals surface area contributed by atoms with Crippen LogP contribution in [0.1, 0.15) is 39.7 Å². The van der Waals surface area contributed by atoms with E-state index in [1.165, 1.54) is 0 Å². The number of pyridine rings is 1. The molecule has 0 atom stereocenters. The number of hydrogen-bond acceptors (Lipinski definition) is 5. The molecule has 5 nitrogen and oxygen atoms in total. The first kappa shape index (κ1) is 20.9. The minimum atomic E-state index is 0.0199. The molecule has 7 heteroatoms. The summed E-state index contributed by atoms with van der Waals surface area (Å²) in [6.07, 6.45) is 3.44. The first-order valence-corrected chi connectivity index (χ1v) is 11.8. The smallest absolute Gasteiger partial charge is 0.254 e. The minimum absolute atomic E-state index is 0.0199. The second-order valence-electron chi connectivity index (χ2n) is 7.89. The van der Waals surface area contributed by atoms with Crippen LogP contribution in [0.25, 0.3) is 10.2 Å². The fourth-order valence-electron chi connectivity index (χ4n) is 3.96. The summed E-state index contributed by atoms with van der Waals surface area (Å²) in [4.78, 5) is 24.0. The van der Waals surface area contributed by atoms with Crippen molar-refractivity contribution in [1.82, 2.24) is 14.9 Å². The SMILES string of the molecule is O=C(c1ccnc(OCc2ccccc2)c1)N1CCC(c2nc3cc(Cl)ccc3s2)CC1. The van der Waals surface area contributed by atoms with Gasteiger partial charge >= 0.3 is 0 Å². The summed E-state index contributed by atoms with van der Waals surface area (Å²) < 4.78 is 6.94. The number of benzene rings is 2. The molecule has 3 heterocycles. The van der Waals surface area contributed by atoms with Crippen molar-refractivity contribution in [2.75, 3.05) is 13.1 Å². The Morgan fingerprint density at radius 2 is 1.91 bits per heavy atom. The van der Waals surface area contributed by atoms with Crippen molar-refractivity contribution < 1.29 is 9.53 Å². The van der Waals surface area contributed by atoms with E-state index in [4.69, 9.17) is 21.3 Å². The maximum absolute atomic E-state index is 13.1. The topological polar surface area (TPSA) is 55.3 Å². The molecule has 0 unspecified atom stereocenters. The van der Waals surface area contributed by atoms with E-state index in [1.54, 1.807) is 29.7 Å². The van der Waals surface area contributed by atoms with Gasteiger partial charge in [0.05, 0.1) is 15.2 Å². The Bertz CT molecular complexity index is 1240. The molecule has 4 aromatic rings. The van der Waals surface area contributed by atoms with Crippen LogP contribution in [0.3, 0.4) is 0 Å². The number of hydrogen-bond donors (Lipinski definition) is 0. The van der Waals surface area contributed by atoms with Crippen LogP contribution >= 0.6 is 22.9 Å². The summed E-state index contributed by atoms with van der Waals surface area (Å²) >= 11 is 7.82. The predicted molar refractivity (Wildman–Crippen MR) is 128 cm³/mol. The van der Waals surface area contributed by atoms with E-state index >= 15 is 0 Å². The van der Waals surface area contributed by atoms with E-state index in [2.05, 4.69) is 4.98 Å². The number of thiazole rings is 1. The highest BCUT2D eigenvalue weighted by Crippen LogP contribution is 2.35. The molecule has 0 radical (unpaired) electrons. The van der Waals surface area contributed by atoms with Crippen LogP contribution < -0.4 is 4.74 Å². The molecule has 162 valence electrons. The van der Waals surface area contributed by atoms with E-state index in [0.29, 0.717) is 42.1 Å². The van der Waals surface area contributed by atoms with E-state index in [0.717, 1.165) is 33.6 Å². The highest BCUT2D eigenvalue weighted by atomic mass is 35.5. The molecule has 1 fully saturated rings. The van der Waals surface area contributed by atoms with Gasteiger partial charge < -0.3 is 9.64 Å². The van der Waals surface area contributed by atoms with Crippen LogP contribution in [0.2, 0.25) is 5.02 Å². The highest BCUT2D eigenvalue weighted by molar-refractivity contribution is 7.18. The summed E-state index contributed by atoms with van der Waals surface area (Å²) in [6, 6.07) is 19.2. The van der Waals surface area contributed by atoms with E-state index < -0.39 is 0 Å². The normalized spacial score (nSPS) is 14.6. The Kier molecular flexibility index (Phi) is 6.06. The largest absolute Gasteiger partial charge is 0.473 e. The third-order valence-electron chi connectivity index (χ3n) is 5.71. The molecule has 0 spiro atoms. The third-order valence-corrected chi connectivity index (χ3v) is 7.14. The summed E-state index contributed by atoms with van der Waals surface area (Å²) in [5, 5.41) is 1.84. The Labute approximate surface area is 195 Å². The zero-order valence-electron chi connectivity index (χ0n) is 17.4. The molecule has 0 aliphatic carbocycles. The molecule has 1 saturated heterocycles. The predicted octanol–water partition coefficient (Wildman–Crippen LogP) is 5.94. The van der Waals surface area contributed by atoms with Gasteiger partial charge in [0.2, 0.25) is 5.88 Å². The Hall–Kier alpha value is -2.96. The van der Waals surface area contributed by atoms with Crippen molar-refractivity contribution in [3.8, 4) is 5.88 Å². The van der Waals surface area contributed by atoms with Gasteiger partial charge in [-0.3, -0.25) is 4.79 Å². The zero-order chi connectivity index (χ0) is 21.9. The quantitative estimate of drug-likeness (QED) is 0.367. The second kappa shape index (κ2) is 9.27. The van der Waals surface area contributed by atoms with Gasteiger partial charge in [-0.05, 0) is 42.7 Å². The van der Waals surface area contributed by atoms with Gasteiger partial charge in [-0.2, -0.15) is 0 Å². The Balaban J connectivity index is 1.21. The fraction of sp³-hybridized carbons (Fsp3) is 0.240. The molecule has 1 amide bonds. The summed E-state index contributed by atoms with van der Waals surface area (Å²) in [7, 11) is 0. The van der Waals surface area contributed by atoms with Gasteiger partial charge in [0.1, 0.15) is 6.61 Å². The number of piperidine rings is 1. The molecule has 5 rings (SSSR count). The average molecular weight is 464 g/mol. The third kappa shape index (κ3) is 4.61. The van der Waals surface area contributed by atoms with Gasteiger partial charge in [-0.1, -0.05) is 41.9 Å². The first-order chi connectivity index (χ1) is 15.7. The molecule has 32 heavy (non-hydrogen) atoms. The van der Waals surface area contributed by atoms with Gasteiger partial charge in [0, 0.05) is 41.9 Å². The van der Waals surface area contributed by atoms with E-state index in [1.807, 2.05) is 53.4 Å². The van der Waals surface area contributed by atoms with Crippen LogP contribution in [-0.2, 0) is 6.61 Å². The lowest BCUT2D eigenvalue weighted by molar-refractivity contribution is 0.0712. The molecule has 0 N–H and O–H groups in total. The molecule has 1 aliphatic heterocycles. The summed E-state index contributed by atoms with van der Waals surface area (Å²) in [6.45, 7) is 1.84. The van der Waals surface area contributed by atoms with Crippen molar-refractivity contribution >= 4 is 39.1 Å². The van der Waals surface area contributed by atoms with Crippen LogP contribution in [0.4, 0.5) is 0 Å². The minimum Gasteiger partial charge on any atom is -0.473 e. The number of carbonyl (C=O) groups is 1. The Morgan fingerprint density at radius 3 is 2.72 bits per heavy atom. The van der Waals surface area contributed by atoms with Gasteiger partial charge in [-0.25, -0.2) is 9.97 Å². The van der Waals surface area contributed by atoms with Crippen LogP contribution in [-0.4, -0.2) is 33.9 Å². The maximum Gasteiger partial charge on any atom is 0.254 e. The van der Waals surface area contributed by atoms with Crippen LogP contribution in [0.5, 0.6) is 5.88 Å². The number of rotatable bonds is 5. The lowest BCUT2D eigenvalue weighted by Crippen LogP contribution is -2.37. The van der Waals surface area contributed by atoms with Crippen molar-refractivity contribution in [3.63, 3.8) is 0 Å². The van der Waals surface area contributed by atoms with Gasteiger partial charge in [-0.15, -0.1) is 11.3 Å². The number of carbonyl (C=O) groups excluding carboxylic acids is 1. The van der Waals surface area contributed by atoms with Crippen molar-refractivity contribution in [2.45, 2.75) is 25.4 Å². The molecular formula is C25H22ClN3O2S. The number of ether oxygens (including phenoxy) is 1.